The highest BCUT2D eigenvalue weighted by Gasteiger charge is 2.24. The number of urea groups is 1. The average molecular weight is 460 g/mol. The Morgan fingerprint density at radius 2 is 1.74 bits per heavy atom. The first kappa shape index (κ1) is 22.5. The zero-order valence-corrected chi connectivity index (χ0v) is 19.6. The van der Waals surface area contributed by atoms with E-state index in [0.717, 1.165) is 50.1 Å². The van der Waals surface area contributed by atoms with Gasteiger partial charge in [-0.1, -0.05) is 48.5 Å². The van der Waals surface area contributed by atoms with Crippen molar-refractivity contribution >= 4 is 22.8 Å². The maximum atomic E-state index is 12.6. The zero-order valence-electron chi connectivity index (χ0n) is 19.6. The van der Waals surface area contributed by atoms with Gasteiger partial charge in [-0.25, -0.2) is 4.79 Å². The molecule has 34 heavy (non-hydrogen) atoms. The van der Waals surface area contributed by atoms with Gasteiger partial charge in [-0.05, 0) is 36.5 Å². The molecule has 0 radical (unpaired) electrons. The highest BCUT2D eigenvalue weighted by Crippen LogP contribution is 2.27. The van der Waals surface area contributed by atoms with Gasteiger partial charge in [0.2, 0.25) is 5.91 Å². The normalized spacial score (nSPS) is 16.9. The molecular weight excluding hydrogens is 426 g/mol. The lowest BCUT2D eigenvalue weighted by molar-refractivity contribution is -0.122. The summed E-state index contributed by atoms with van der Waals surface area (Å²) in [4.78, 5) is 32.8. The molecule has 2 aliphatic heterocycles. The first-order valence-electron chi connectivity index (χ1n) is 12.3. The van der Waals surface area contributed by atoms with Gasteiger partial charge in [0.1, 0.15) is 0 Å². The van der Waals surface area contributed by atoms with E-state index in [1.807, 2.05) is 17.0 Å². The second-order valence-electron chi connectivity index (χ2n) is 9.38. The summed E-state index contributed by atoms with van der Waals surface area (Å²) in [5, 5.41) is 7.32. The molecule has 0 bridgehead atoms. The number of aromatic nitrogens is 1. The minimum Gasteiger partial charge on any atom is -0.357 e. The van der Waals surface area contributed by atoms with Crippen LogP contribution in [0.5, 0.6) is 0 Å². The van der Waals surface area contributed by atoms with E-state index in [2.05, 4.69) is 63.0 Å². The van der Waals surface area contributed by atoms with Crippen LogP contribution in [0.3, 0.4) is 0 Å². The third-order valence-electron chi connectivity index (χ3n) is 7.00. The SMILES string of the molecule is O=C(CCNC(=O)N1CCc2c([nH]c3ccccc23)C1)NC1CCN(Cc2ccccc2)CC1. The summed E-state index contributed by atoms with van der Waals surface area (Å²) in [7, 11) is 0. The van der Waals surface area contributed by atoms with Crippen LogP contribution in [0.4, 0.5) is 4.79 Å². The maximum Gasteiger partial charge on any atom is 0.317 e. The molecule has 0 unspecified atom stereocenters. The zero-order chi connectivity index (χ0) is 23.3. The molecule has 2 aromatic carbocycles. The van der Waals surface area contributed by atoms with E-state index < -0.39 is 0 Å². The van der Waals surface area contributed by atoms with Gasteiger partial charge in [-0.2, -0.15) is 0 Å². The van der Waals surface area contributed by atoms with Gasteiger partial charge in [-0.3, -0.25) is 9.69 Å². The minimum atomic E-state index is -0.105. The molecule has 7 heteroatoms. The largest absolute Gasteiger partial charge is 0.357 e. The van der Waals surface area contributed by atoms with Crippen molar-refractivity contribution in [2.45, 2.75) is 44.8 Å². The number of benzene rings is 2. The Morgan fingerprint density at radius 1 is 0.971 bits per heavy atom. The lowest BCUT2D eigenvalue weighted by Gasteiger charge is -2.32. The van der Waals surface area contributed by atoms with E-state index in [9.17, 15) is 9.59 Å². The molecule has 3 amide bonds. The van der Waals surface area contributed by atoms with E-state index in [-0.39, 0.29) is 18.0 Å². The molecule has 3 aromatic rings. The first-order valence-corrected chi connectivity index (χ1v) is 12.3. The molecular formula is C27H33N5O2. The molecule has 7 nitrogen and oxygen atoms in total. The molecule has 0 saturated carbocycles. The molecule has 5 rings (SSSR count). The number of likely N-dealkylation sites (tertiary alicyclic amines) is 1. The lowest BCUT2D eigenvalue weighted by atomic mass is 10.0. The van der Waals surface area contributed by atoms with Crippen molar-refractivity contribution < 1.29 is 9.59 Å². The molecule has 1 aromatic heterocycles. The Kier molecular flexibility index (Phi) is 6.81. The van der Waals surface area contributed by atoms with Crippen molar-refractivity contribution in [2.75, 3.05) is 26.2 Å². The van der Waals surface area contributed by atoms with Crippen molar-refractivity contribution in [3.63, 3.8) is 0 Å². The van der Waals surface area contributed by atoms with Crippen molar-refractivity contribution in [3.05, 3.63) is 71.4 Å². The second kappa shape index (κ2) is 10.3. The van der Waals surface area contributed by atoms with Gasteiger partial charge >= 0.3 is 6.03 Å². The number of para-hydroxylation sites is 1. The molecule has 1 fully saturated rings. The van der Waals surface area contributed by atoms with Gasteiger partial charge in [-0.15, -0.1) is 0 Å². The van der Waals surface area contributed by atoms with E-state index in [0.29, 0.717) is 26.1 Å². The summed E-state index contributed by atoms with van der Waals surface area (Å²) in [5.41, 5.74) is 4.88. The Balaban J connectivity index is 1.01. The monoisotopic (exact) mass is 459 g/mol. The molecule has 0 spiro atoms. The Morgan fingerprint density at radius 3 is 2.56 bits per heavy atom. The van der Waals surface area contributed by atoms with E-state index in [1.165, 1.54) is 16.5 Å². The molecule has 0 atom stereocenters. The standard InChI is InChI=1S/C27H33N5O2/c33-26(29-21-11-15-31(16-12-21)18-20-6-2-1-3-7-20)10-14-28-27(34)32-17-13-23-22-8-4-5-9-24(22)30-25(23)19-32/h1-9,21,30H,10-19H2,(H,28,34)(H,29,33). The van der Waals surface area contributed by atoms with Crippen LogP contribution >= 0.6 is 0 Å². The lowest BCUT2D eigenvalue weighted by Crippen LogP contribution is -2.46. The molecule has 0 aliphatic carbocycles. The molecule has 3 N–H and O–H groups in total. The van der Waals surface area contributed by atoms with Gasteiger partial charge in [0.25, 0.3) is 0 Å². The van der Waals surface area contributed by atoms with Crippen molar-refractivity contribution in [3.8, 4) is 0 Å². The number of H-pyrrole nitrogens is 1. The number of nitrogens with zero attached hydrogens (tertiary/aromatic N) is 2. The number of hydrogen-bond acceptors (Lipinski definition) is 3. The predicted molar refractivity (Wildman–Crippen MR) is 133 cm³/mol. The number of piperidine rings is 1. The highest BCUT2D eigenvalue weighted by molar-refractivity contribution is 5.85. The molecule has 178 valence electrons. The summed E-state index contributed by atoms with van der Waals surface area (Å²) in [6.45, 7) is 4.55. The summed E-state index contributed by atoms with van der Waals surface area (Å²) < 4.78 is 0. The van der Waals surface area contributed by atoms with Crippen molar-refractivity contribution in [2.24, 2.45) is 0 Å². The molecule has 1 saturated heterocycles. The number of fused-ring (bicyclic) bond motifs is 3. The predicted octanol–water partition coefficient (Wildman–Crippen LogP) is 3.41. The molecule has 3 heterocycles. The van der Waals surface area contributed by atoms with E-state index >= 15 is 0 Å². The van der Waals surface area contributed by atoms with Gasteiger partial charge in [0.15, 0.2) is 0 Å². The third kappa shape index (κ3) is 5.25. The van der Waals surface area contributed by atoms with Crippen molar-refractivity contribution in [1.82, 2.24) is 25.4 Å². The fourth-order valence-corrected chi connectivity index (χ4v) is 5.14. The third-order valence-corrected chi connectivity index (χ3v) is 7.00. The minimum absolute atomic E-state index is 0.0124. The number of aromatic amines is 1. The number of carbonyl (C=O) groups excluding carboxylic acids is 2. The van der Waals surface area contributed by atoms with Crippen LogP contribution in [0.15, 0.2) is 54.6 Å². The molecule has 2 aliphatic rings. The van der Waals surface area contributed by atoms with Crippen LogP contribution in [0, 0.1) is 0 Å². The van der Waals surface area contributed by atoms with Crippen LogP contribution in [0.2, 0.25) is 0 Å². The van der Waals surface area contributed by atoms with Gasteiger partial charge in [0, 0.05) is 61.8 Å². The quantitative estimate of drug-likeness (QED) is 0.529. The summed E-state index contributed by atoms with van der Waals surface area (Å²) in [6, 6.07) is 18.9. The number of amides is 3. The Bertz CT molecular complexity index is 1130. The van der Waals surface area contributed by atoms with Crippen LogP contribution in [0.25, 0.3) is 10.9 Å². The van der Waals surface area contributed by atoms with Crippen LogP contribution in [-0.4, -0.2) is 58.9 Å². The summed E-state index contributed by atoms with van der Waals surface area (Å²) >= 11 is 0. The van der Waals surface area contributed by atoms with E-state index in [1.54, 1.807) is 0 Å². The maximum absolute atomic E-state index is 12.6. The fourth-order valence-electron chi connectivity index (χ4n) is 5.14. The Hall–Kier alpha value is -3.32. The topological polar surface area (TPSA) is 80.5 Å². The van der Waals surface area contributed by atoms with Crippen LogP contribution < -0.4 is 10.6 Å². The number of rotatable bonds is 6. The first-order chi connectivity index (χ1) is 16.7. The van der Waals surface area contributed by atoms with E-state index in [4.69, 9.17) is 0 Å². The number of nitrogens with one attached hydrogen (secondary N) is 3. The van der Waals surface area contributed by atoms with Gasteiger partial charge < -0.3 is 20.5 Å². The van der Waals surface area contributed by atoms with Crippen LogP contribution in [0.1, 0.15) is 36.1 Å². The Labute approximate surface area is 200 Å². The number of hydrogen-bond donors (Lipinski definition) is 3. The average Bonchev–Trinajstić information content (AvgIpc) is 3.24. The second-order valence-corrected chi connectivity index (χ2v) is 9.38. The summed E-state index contributed by atoms with van der Waals surface area (Å²) in [5.74, 6) is 0.0124. The smallest absolute Gasteiger partial charge is 0.317 e. The van der Waals surface area contributed by atoms with Crippen LogP contribution in [-0.2, 0) is 24.3 Å². The number of carbonyl (C=O) groups is 2. The highest BCUT2D eigenvalue weighted by atomic mass is 16.2. The van der Waals surface area contributed by atoms with Gasteiger partial charge in [0.05, 0.1) is 6.54 Å². The van der Waals surface area contributed by atoms with Crippen molar-refractivity contribution in [1.29, 1.82) is 0 Å². The fraction of sp³-hybridized carbons (Fsp3) is 0.407. The summed E-state index contributed by atoms with van der Waals surface area (Å²) in [6.07, 6.45) is 3.08.